The summed E-state index contributed by atoms with van der Waals surface area (Å²) in [6, 6.07) is 7.50. The van der Waals surface area contributed by atoms with Gasteiger partial charge >= 0.3 is 6.18 Å². The largest absolute Gasteiger partial charge is 0.418 e. The molecule has 1 aliphatic rings. The van der Waals surface area contributed by atoms with Crippen molar-refractivity contribution in [3.8, 4) is 0 Å². The van der Waals surface area contributed by atoms with Gasteiger partial charge in [0.15, 0.2) is 0 Å². The molecular formula is C19H18ClF3N2OS. The van der Waals surface area contributed by atoms with Crippen LogP contribution in [0.3, 0.4) is 0 Å². The monoisotopic (exact) mass is 414 g/mol. The quantitative estimate of drug-likeness (QED) is 0.653. The number of alkyl halides is 3. The van der Waals surface area contributed by atoms with Crippen molar-refractivity contribution >= 4 is 40.6 Å². The van der Waals surface area contributed by atoms with Gasteiger partial charge in [0.1, 0.15) is 0 Å². The van der Waals surface area contributed by atoms with E-state index in [1.165, 1.54) is 18.2 Å². The summed E-state index contributed by atoms with van der Waals surface area (Å²) in [4.78, 5) is 17.8. The van der Waals surface area contributed by atoms with Crippen LogP contribution in [0.5, 0.6) is 0 Å². The molecule has 0 N–H and O–H groups in total. The lowest BCUT2D eigenvalue weighted by Crippen LogP contribution is -2.48. The van der Waals surface area contributed by atoms with E-state index in [1.807, 2.05) is 19.1 Å². The normalized spacial score (nSPS) is 15.6. The maximum atomic E-state index is 13.3. The molecule has 0 atom stereocenters. The van der Waals surface area contributed by atoms with E-state index in [0.717, 1.165) is 15.8 Å². The van der Waals surface area contributed by atoms with Crippen LogP contribution in [-0.4, -0.2) is 37.0 Å². The molecule has 0 spiro atoms. The average Bonchev–Trinajstić information content (AvgIpc) is 3.04. The summed E-state index contributed by atoms with van der Waals surface area (Å²) < 4.78 is 39.8. The number of carbonyl (C=O) groups excluding carboxylic acids is 1. The van der Waals surface area contributed by atoms with Crippen molar-refractivity contribution in [1.29, 1.82) is 0 Å². The molecule has 1 aromatic heterocycles. The predicted octanol–water partition coefficient (Wildman–Crippen LogP) is 5.09. The van der Waals surface area contributed by atoms with Crippen LogP contribution in [0.4, 0.5) is 18.9 Å². The smallest absolute Gasteiger partial charge is 0.367 e. The molecule has 1 aliphatic heterocycles. The maximum absolute atomic E-state index is 13.3. The van der Waals surface area contributed by atoms with E-state index in [9.17, 15) is 18.0 Å². The van der Waals surface area contributed by atoms with Crippen LogP contribution >= 0.6 is 22.9 Å². The zero-order valence-electron chi connectivity index (χ0n) is 14.6. The molecule has 1 fully saturated rings. The van der Waals surface area contributed by atoms with Gasteiger partial charge in [0, 0.05) is 47.0 Å². The molecule has 0 saturated carbocycles. The molecule has 1 aromatic carbocycles. The molecule has 0 aliphatic carbocycles. The molecule has 3 nitrogen and oxygen atoms in total. The van der Waals surface area contributed by atoms with Gasteiger partial charge in [-0.05, 0) is 43.3 Å². The van der Waals surface area contributed by atoms with Crippen molar-refractivity contribution < 1.29 is 18.0 Å². The third kappa shape index (κ3) is 4.84. The van der Waals surface area contributed by atoms with Gasteiger partial charge in [0.25, 0.3) is 0 Å². The molecule has 1 amide bonds. The number of piperazine rings is 1. The fourth-order valence-corrected chi connectivity index (χ4v) is 3.92. The van der Waals surface area contributed by atoms with Crippen LogP contribution < -0.4 is 4.90 Å². The molecule has 2 heterocycles. The van der Waals surface area contributed by atoms with Crippen LogP contribution in [0.15, 0.2) is 36.4 Å². The first kappa shape index (κ1) is 19.8. The van der Waals surface area contributed by atoms with Crippen LogP contribution in [-0.2, 0) is 11.0 Å². The van der Waals surface area contributed by atoms with Gasteiger partial charge in [-0.2, -0.15) is 13.2 Å². The van der Waals surface area contributed by atoms with E-state index in [0.29, 0.717) is 26.2 Å². The van der Waals surface area contributed by atoms with Crippen molar-refractivity contribution in [3.63, 3.8) is 0 Å². The minimum atomic E-state index is -4.45. The summed E-state index contributed by atoms with van der Waals surface area (Å²) in [6.45, 7) is 3.35. The van der Waals surface area contributed by atoms with Crippen LogP contribution in [0.2, 0.25) is 5.02 Å². The minimum absolute atomic E-state index is 0.0618. The van der Waals surface area contributed by atoms with E-state index in [-0.39, 0.29) is 16.6 Å². The molecule has 3 rings (SSSR count). The number of hydrogen-bond donors (Lipinski definition) is 0. The topological polar surface area (TPSA) is 23.6 Å². The van der Waals surface area contributed by atoms with Gasteiger partial charge in [-0.3, -0.25) is 4.79 Å². The van der Waals surface area contributed by atoms with Crippen LogP contribution in [0, 0.1) is 6.92 Å². The number of benzene rings is 1. The molecule has 27 heavy (non-hydrogen) atoms. The number of thiophene rings is 1. The second-order valence-electron chi connectivity index (χ2n) is 6.25. The Bertz CT molecular complexity index is 855. The number of anilines is 1. The molecule has 2 aromatic rings. The molecule has 8 heteroatoms. The Hall–Kier alpha value is -1.99. The lowest BCUT2D eigenvalue weighted by molar-refractivity contribution is -0.137. The Balaban J connectivity index is 1.66. The summed E-state index contributed by atoms with van der Waals surface area (Å²) in [6.07, 6.45) is -1.17. The summed E-state index contributed by atoms with van der Waals surface area (Å²) in [5.41, 5.74) is -0.647. The SMILES string of the molecule is Cc1ccc(/C=C\C(=O)N2CCN(c3cc(Cl)ccc3C(F)(F)F)CC2)s1. The highest BCUT2D eigenvalue weighted by Gasteiger charge is 2.35. The first-order valence-electron chi connectivity index (χ1n) is 8.39. The Morgan fingerprint density at radius 1 is 1.15 bits per heavy atom. The third-order valence-corrected chi connectivity index (χ3v) is 5.55. The first-order valence-corrected chi connectivity index (χ1v) is 9.58. The Labute approximate surface area is 164 Å². The van der Waals surface area contributed by atoms with Crippen molar-refractivity contribution in [2.45, 2.75) is 13.1 Å². The van der Waals surface area contributed by atoms with Gasteiger partial charge < -0.3 is 9.80 Å². The molecular weight excluding hydrogens is 397 g/mol. The van der Waals surface area contributed by atoms with E-state index < -0.39 is 11.7 Å². The molecule has 144 valence electrons. The standard InChI is InChI=1S/C19H18ClF3N2OS/c1-13-2-4-15(27-13)5-7-18(26)25-10-8-24(9-11-25)17-12-14(20)3-6-16(17)19(21,22)23/h2-7,12H,8-11H2,1H3/b7-5-. The van der Waals surface area contributed by atoms with Crippen molar-refractivity contribution in [2.75, 3.05) is 31.1 Å². The molecule has 0 unspecified atom stereocenters. The summed E-state index contributed by atoms with van der Waals surface area (Å²) in [5.74, 6) is -0.136. The summed E-state index contributed by atoms with van der Waals surface area (Å²) in [7, 11) is 0. The number of halogens is 4. The second-order valence-corrected chi connectivity index (χ2v) is 8.01. The highest BCUT2D eigenvalue weighted by molar-refractivity contribution is 7.12. The van der Waals surface area contributed by atoms with Gasteiger partial charge in [-0.25, -0.2) is 0 Å². The van der Waals surface area contributed by atoms with Crippen molar-refractivity contribution in [1.82, 2.24) is 4.90 Å². The van der Waals surface area contributed by atoms with E-state index in [1.54, 1.807) is 27.2 Å². The summed E-state index contributed by atoms with van der Waals surface area (Å²) >= 11 is 7.49. The molecule has 0 bridgehead atoms. The minimum Gasteiger partial charge on any atom is -0.367 e. The number of hydrogen-bond acceptors (Lipinski definition) is 3. The average molecular weight is 415 g/mol. The maximum Gasteiger partial charge on any atom is 0.418 e. The van der Waals surface area contributed by atoms with E-state index in [2.05, 4.69) is 0 Å². The second kappa shape index (κ2) is 7.94. The predicted molar refractivity (Wildman–Crippen MR) is 103 cm³/mol. The summed E-state index contributed by atoms with van der Waals surface area (Å²) in [5, 5.41) is 0.255. The Morgan fingerprint density at radius 3 is 2.44 bits per heavy atom. The number of nitrogens with zero attached hydrogens (tertiary/aromatic N) is 2. The Morgan fingerprint density at radius 2 is 1.85 bits per heavy atom. The number of aryl methyl sites for hydroxylation is 1. The zero-order valence-corrected chi connectivity index (χ0v) is 16.2. The number of amides is 1. The fourth-order valence-electron chi connectivity index (χ4n) is 2.98. The number of rotatable bonds is 3. The van der Waals surface area contributed by atoms with Crippen LogP contribution in [0.1, 0.15) is 15.3 Å². The number of carbonyl (C=O) groups is 1. The Kier molecular flexibility index (Phi) is 5.81. The lowest BCUT2D eigenvalue weighted by Gasteiger charge is -2.36. The molecule has 0 radical (unpaired) electrons. The first-order chi connectivity index (χ1) is 12.7. The van der Waals surface area contributed by atoms with E-state index in [4.69, 9.17) is 11.6 Å². The lowest BCUT2D eigenvalue weighted by atomic mass is 10.1. The van der Waals surface area contributed by atoms with Gasteiger partial charge in [-0.15, -0.1) is 11.3 Å². The van der Waals surface area contributed by atoms with Gasteiger partial charge in [0.05, 0.1) is 11.3 Å². The van der Waals surface area contributed by atoms with Crippen LogP contribution in [0.25, 0.3) is 6.08 Å². The van der Waals surface area contributed by atoms with Gasteiger partial charge in [0.2, 0.25) is 5.91 Å². The third-order valence-electron chi connectivity index (χ3n) is 4.35. The highest BCUT2D eigenvalue weighted by atomic mass is 35.5. The molecule has 1 saturated heterocycles. The van der Waals surface area contributed by atoms with Gasteiger partial charge in [-0.1, -0.05) is 11.6 Å². The highest BCUT2D eigenvalue weighted by Crippen LogP contribution is 2.38. The zero-order chi connectivity index (χ0) is 19.6. The van der Waals surface area contributed by atoms with Crippen molar-refractivity contribution in [3.05, 3.63) is 56.7 Å². The fraction of sp³-hybridized carbons (Fsp3) is 0.316. The van der Waals surface area contributed by atoms with E-state index >= 15 is 0 Å². The van der Waals surface area contributed by atoms with Crippen molar-refractivity contribution in [2.24, 2.45) is 0 Å².